The number of halogens is 2. The van der Waals surface area contributed by atoms with Gasteiger partial charge in [-0.15, -0.1) is 0 Å². The van der Waals surface area contributed by atoms with E-state index in [9.17, 15) is 13.6 Å². The van der Waals surface area contributed by atoms with Gasteiger partial charge in [-0.25, -0.2) is 8.78 Å². The lowest BCUT2D eigenvalue weighted by Crippen LogP contribution is -2.32. The molecule has 0 amide bonds. The first-order chi connectivity index (χ1) is 10.1. The fraction of sp³-hybridized carbons (Fsp3) is 0.562. The van der Waals surface area contributed by atoms with E-state index in [4.69, 9.17) is 0 Å². The van der Waals surface area contributed by atoms with Crippen molar-refractivity contribution in [1.82, 2.24) is 9.80 Å². The Balaban J connectivity index is 1.76. The smallest absolute Gasteiger partial charge is 0.169 e. The molecular formula is C16H22F2N2O. The molecule has 1 aliphatic heterocycles. The van der Waals surface area contributed by atoms with Crippen molar-refractivity contribution >= 4 is 5.78 Å². The molecule has 0 bridgehead atoms. The Labute approximate surface area is 124 Å². The number of carbonyl (C=O) groups is 1. The zero-order valence-corrected chi connectivity index (χ0v) is 12.4. The number of hydrogen-bond acceptors (Lipinski definition) is 3. The lowest BCUT2D eigenvalue weighted by Gasteiger charge is -2.21. The van der Waals surface area contributed by atoms with Gasteiger partial charge in [0.25, 0.3) is 0 Å². The summed E-state index contributed by atoms with van der Waals surface area (Å²) in [6, 6.07) is 3.72. The highest BCUT2D eigenvalue weighted by atomic mass is 19.2. The number of likely N-dealkylation sites (tertiary alicyclic amines) is 1. The maximum atomic E-state index is 13.5. The van der Waals surface area contributed by atoms with E-state index >= 15 is 0 Å². The molecule has 1 aromatic rings. The largest absolute Gasteiger partial charge is 0.305 e. The standard InChI is InChI=1S/C16H22F2N2O/c1-19(11-12-20-8-2-3-9-20)10-7-15(21)13-5-4-6-14(17)16(13)18/h4-6H,2-3,7-12H2,1H3. The molecule has 0 unspecified atom stereocenters. The van der Waals surface area contributed by atoms with Gasteiger partial charge in [0.15, 0.2) is 17.4 Å². The highest BCUT2D eigenvalue weighted by Crippen LogP contribution is 2.13. The second-order valence-corrected chi connectivity index (χ2v) is 5.63. The Hall–Kier alpha value is -1.33. The van der Waals surface area contributed by atoms with Gasteiger partial charge in [0.1, 0.15) is 0 Å². The topological polar surface area (TPSA) is 23.6 Å². The Kier molecular flexibility index (Phi) is 5.82. The van der Waals surface area contributed by atoms with Crippen LogP contribution in [0.25, 0.3) is 0 Å². The van der Waals surface area contributed by atoms with Crippen LogP contribution in [-0.4, -0.2) is 55.4 Å². The first-order valence-electron chi connectivity index (χ1n) is 7.46. The quantitative estimate of drug-likeness (QED) is 0.723. The molecular weight excluding hydrogens is 274 g/mol. The molecule has 1 heterocycles. The number of likely N-dealkylation sites (N-methyl/N-ethyl adjacent to an activating group) is 1. The zero-order valence-electron chi connectivity index (χ0n) is 12.4. The first-order valence-corrected chi connectivity index (χ1v) is 7.46. The molecule has 0 radical (unpaired) electrons. The third-order valence-corrected chi connectivity index (χ3v) is 3.97. The first kappa shape index (κ1) is 16.0. The van der Waals surface area contributed by atoms with Crippen molar-refractivity contribution in [3.05, 3.63) is 35.4 Å². The Bertz CT molecular complexity index is 487. The Morgan fingerprint density at radius 3 is 2.67 bits per heavy atom. The number of nitrogens with zero attached hydrogens (tertiary/aromatic N) is 2. The van der Waals surface area contributed by atoms with Crippen LogP contribution < -0.4 is 0 Å². The molecule has 0 aromatic heterocycles. The van der Waals surface area contributed by atoms with Crippen LogP contribution >= 0.6 is 0 Å². The Morgan fingerprint density at radius 2 is 1.95 bits per heavy atom. The Morgan fingerprint density at radius 1 is 1.24 bits per heavy atom. The summed E-state index contributed by atoms with van der Waals surface area (Å²) in [7, 11) is 1.95. The summed E-state index contributed by atoms with van der Waals surface area (Å²) in [4.78, 5) is 16.4. The minimum atomic E-state index is -1.04. The van der Waals surface area contributed by atoms with Crippen LogP contribution in [0.5, 0.6) is 0 Å². The summed E-state index contributed by atoms with van der Waals surface area (Å²) in [6.07, 6.45) is 2.74. The molecule has 21 heavy (non-hydrogen) atoms. The van der Waals surface area contributed by atoms with Gasteiger partial charge < -0.3 is 9.80 Å². The van der Waals surface area contributed by atoms with Gasteiger partial charge in [-0.2, -0.15) is 0 Å². The molecule has 1 fully saturated rings. The van der Waals surface area contributed by atoms with E-state index in [0.717, 1.165) is 32.2 Å². The molecule has 0 aliphatic carbocycles. The van der Waals surface area contributed by atoms with Crippen molar-refractivity contribution < 1.29 is 13.6 Å². The number of rotatable bonds is 7. The molecule has 5 heteroatoms. The fourth-order valence-electron chi connectivity index (χ4n) is 2.58. The predicted molar refractivity (Wildman–Crippen MR) is 78.5 cm³/mol. The SMILES string of the molecule is CN(CCC(=O)c1cccc(F)c1F)CCN1CCCC1. The third kappa shape index (κ3) is 4.58. The van der Waals surface area contributed by atoms with Crippen LogP contribution in [0.2, 0.25) is 0 Å². The van der Waals surface area contributed by atoms with E-state index in [1.165, 1.54) is 25.0 Å². The van der Waals surface area contributed by atoms with E-state index in [1.807, 2.05) is 7.05 Å². The highest BCUT2D eigenvalue weighted by Gasteiger charge is 2.16. The van der Waals surface area contributed by atoms with E-state index in [1.54, 1.807) is 0 Å². The summed E-state index contributed by atoms with van der Waals surface area (Å²) in [5.41, 5.74) is -0.150. The van der Waals surface area contributed by atoms with Gasteiger partial charge in [0, 0.05) is 26.1 Å². The van der Waals surface area contributed by atoms with Crippen molar-refractivity contribution in [2.75, 3.05) is 39.8 Å². The maximum absolute atomic E-state index is 13.5. The third-order valence-electron chi connectivity index (χ3n) is 3.97. The van der Waals surface area contributed by atoms with Crippen LogP contribution in [0.1, 0.15) is 29.6 Å². The summed E-state index contributed by atoms with van der Waals surface area (Å²) < 4.78 is 26.6. The zero-order chi connectivity index (χ0) is 15.2. The van der Waals surface area contributed by atoms with Crippen LogP contribution in [0.15, 0.2) is 18.2 Å². The average Bonchev–Trinajstić information content (AvgIpc) is 2.99. The molecule has 116 valence electrons. The highest BCUT2D eigenvalue weighted by molar-refractivity contribution is 5.96. The van der Waals surface area contributed by atoms with Gasteiger partial charge >= 0.3 is 0 Å². The summed E-state index contributed by atoms with van der Waals surface area (Å²) in [5, 5.41) is 0. The number of carbonyl (C=O) groups excluding carboxylic acids is 1. The lowest BCUT2D eigenvalue weighted by molar-refractivity contribution is 0.0962. The van der Waals surface area contributed by atoms with Crippen LogP contribution in [0, 0.1) is 11.6 Å². The molecule has 0 saturated carbocycles. The molecule has 2 rings (SSSR count). The van der Waals surface area contributed by atoms with Crippen molar-refractivity contribution in [1.29, 1.82) is 0 Å². The summed E-state index contributed by atoms with van der Waals surface area (Å²) in [6.45, 7) is 4.75. The van der Waals surface area contributed by atoms with Gasteiger partial charge in [0.05, 0.1) is 5.56 Å². The minimum Gasteiger partial charge on any atom is -0.305 e. The number of Topliss-reactive ketones (excluding diaryl/α,β-unsaturated/α-hetero) is 1. The maximum Gasteiger partial charge on any atom is 0.169 e. The normalized spacial score (nSPS) is 15.8. The van der Waals surface area contributed by atoms with Gasteiger partial charge in [-0.3, -0.25) is 4.79 Å². The van der Waals surface area contributed by atoms with Gasteiger partial charge in [-0.1, -0.05) is 6.07 Å². The second kappa shape index (κ2) is 7.61. The molecule has 1 saturated heterocycles. The van der Waals surface area contributed by atoms with Crippen LogP contribution in [0.4, 0.5) is 8.78 Å². The molecule has 1 aliphatic rings. The molecule has 0 N–H and O–H groups in total. The van der Waals surface area contributed by atoms with Gasteiger partial charge in [-0.05, 0) is 45.1 Å². The fourth-order valence-corrected chi connectivity index (χ4v) is 2.58. The van der Waals surface area contributed by atoms with E-state index < -0.39 is 11.6 Å². The van der Waals surface area contributed by atoms with Crippen molar-refractivity contribution in [2.24, 2.45) is 0 Å². The summed E-state index contributed by atoms with van der Waals surface area (Å²) >= 11 is 0. The molecule has 1 aromatic carbocycles. The van der Waals surface area contributed by atoms with Crippen molar-refractivity contribution in [3.63, 3.8) is 0 Å². The second-order valence-electron chi connectivity index (χ2n) is 5.63. The van der Waals surface area contributed by atoms with Crippen molar-refractivity contribution in [2.45, 2.75) is 19.3 Å². The molecule has 0 atom stereocenters. The van der Waals surface area contributed by atoms with E-state index in [0.29, 0.717) is 6.54 Å². The van der Waals surface area contributed by atoms with Crippen LogP contribution in [0.3, 0.4) is 0 Å². The summed E-state index contributed by atoms with van der Waals surface area (Å²) in [5.74, 6) is -2.36. The molecule has 3 nitrogen and oxygen atoms in total. The predicted octanol–water partition coefficient (Wildman–Crippen LogP) is 2.57. The number of hydrogen-bond donors (Lipinski definition) is 0. The number of ketones is 1. The van der Waals surface area contributed by atoms with Crippen molar-refractivity contribution in [3.8, 4) is 0 Å². The monoisotopic (exact) mass is 296 g/mol. The van der Waals surface area contributed by atoms with Gasteiger partial charge in [0.2, 0.25) is 0 Å². The van der Waals surface area contributed by atoms with Crippen LogP contribution in [-0.2, 0) is 0 Å². The molecule has 0 spiro atoms. The van der Waals surface area contributed by atoms with E-state index in [-0.39, 0.29) is 17.8 Å². The van der Waals surface area contributed by atoms with E-state index in [2.05, 4.69) is 9.80 Å². The average molecular weight is 296 g/mol. The lowest BCUT2D eigenvalue weighted by atomic mass is 10.1. The number of benzene rings is 1. The minimum absolute atomic E-state index is 0.150.